The molecular weight excluding hydrogens is 434 g/mol. The molecule has 2 saturated heterocycles. The number of imide groups is 1. The van der Waals surface area contributed by atoms with Gasteiger partial charge >= 0.3 is 0 Å². The van der Waals surface area contributed by atoms with E-state index in [0.717, 1.165) is 57.7 Å². The summed E-state index contributed by atoms with van der Waals surface area (Å²) in [5.74, 6) is -0.820. The van der Waals surface area contributed by atoms with Crippen molar-refractivity contribution in [3.63, 3.8) is 0 Å². The lowest BCUT2D eigenvalue weighted by atomic mass is 10.0. The molecule has 2 aliphatic rings. The van der Waals surface area contributed by atoms with Gasteiger partial charge in [0.25, 0.3) is 11.1 Å². The highest BCUT2D eigenvalue weighted by Crippen LogP contribution is 2.33. The molecule has 7 heteroatoms. The maximum Gasteiger partial charge on any atom is 0.294 e. The van der Waals surface area contributed by atoms with Crippen LogP contribution in [0.15, 0.2) is 41.3 Å². The predicted molar refractivity (Wildman–Crippen MR) is 134 cm³/mol. The zero-order valence-electron chi connectivity index (χ0n) is 19.3. The highest BCUT2D eigenvalue weighted by molar-refractivity contribution is 8.18. The van der Waals surface area contributed by atoms with Gasteiger partial charge < -0.3 is 10.2 Å². The lowest BCUT2D eigenvalue weighted by molar-refractivity contribution is -0.127. The average molecular weight is 464 g/mol. The summed E-state index contributed by atoms with van der Waals surface area (Å²) in [5, 5.41) is 2.41. The van der Waals surface area contributed by atoms with Crippen molar-refractivity contribution in [3.05, 3.63) is 63.6 Å². The molecule has 0 aromatic heterocycles. The Balaban J connectivity index is 1.46. The molecule has 2 aliphatic heterocycles. The van der Waals surface area contributed by atoms with Crippen LogP contribution in [0.5, 0.6) is 0 Å². The van der Waals surface area contributed by atoms with Gasteiger partial charge in [0.1, 0.15) is 6.54 Å². The van der Waals surface area contributed by atoms with E-state index in [2.05, 4.69) is 22.3 Å². The number of thioether (sulfide) groups is 1. The molecule has 2 aromatic carbocycles. The molecule has 0 saturated carbocycles. The van der Waals surface area contributed by atoms with Crippen LogP contribution in [0.1, 0.15) is 41.5 Å². The Bertz CT molecular complexity index is 1120. The average Bonchev–Trinajstić information content (AvgIpc) is 3.05. The Kier molecular flexibility index (Phi) is 6.88. The topological polar surface area (TPSA) is 69.7 Å². The molecule has 3 amide bonds. The van der Waals surface area contributed by atoms with Gasteiger partial charge in [-0.25, -0.2) is 0 Å². The Morgan fingerprint density at radius 2 is 1.70 bits per heavy atom. The summed E-state index contributed by atoms with van der Waals surface area (Å²) >= 11 is 0.880. The van der Waals surface area contributed by atoms with Crippen molar-refractivity contribution in [1.29, 1.82) is 0 Å². The maximum absolute atomic E-state index is 12.9. The van der Waals surface area contributed by atoms with Crippen molar-refractivity contribution in [2.75, 3.05) is 29.9 Å². The summed E-state index contributed by atoms with van der Waals surface area (Å²) in [5.41, 5.74) is 5.73. The lowest BCUT2D eigenvalue weighted by Crippen LogP contribution is -2.36. The Labute approximate surface area is 199 Å². The highest BCUT2D eigenvalue weighted by atomic mass is 32.2. The largest absolute Gasteiger partial charge is 0.372 e. The molecule has 2 fully saturated rings. The fourth-order valence-corrected chi connectivity index (χ4v) is 5.11. The number of benzene rings is 2. The molecule has 0 aliphatic carbocycles. The van der Waals surface area contributed by atoms with E-state index in [9.17, 15) is 14.4 Å². The zero-order valence-corrected chi connectivity index (χ0v) is 20.1. The van der Waals surface area contributed by atoms with Gasteiger partial charge in [-0.15, -0.1) is 0 Å². The minimum absolute atomic E-state index is 0.303. The first-order valence-electron chi connectivity index (χ1n) is 11.3. The monoisotopic (exact) mass is 463 g/mol. The number of hydrogen-bond donors (Lipinski definition) is 1. The first kappa shape index (κ1) is 23.1. The maximum atomic E-state index is 12.9. The van der Waals surface area contributed by atoms with Crippen LogP contribution in [-0.4, -0.2) is 41.6 Å². The standard InChI is InChI=1S/C26H29N3O3S/c1-17-8-7-9-18(2)24(17)27-23(30)16-29-25(31)22(33-26(29)32)15-20-10-11-21(14-19(20)3)28-12-5-4-6-13-28/h7-11,14-15H,4-6,12-13,16H2,1-3H3,(H,27,30)/b22-15-. The summed E-state index contributed by atoms with van der Waals surface area (Å²) in [6.07, 6.45) is 5.46. The molecule has 0 radical (unpaired) electrons. The second-order valence-corrected chi connectivity index (χ2v) is 9.66. The van der Waals surface area contributed by atoms with Crippen molar-refractivity contribution in [3.8, 4) is 0 Å². The second-order valence-electron chi connectivity index (χ2n) is 8.67. The van der Waals surface area contributed by atoms with Crippen molar-refractivity contribution in [1.82, 2.24) is 4.90 Å². The number of piperidine rings is 1. The van der Waals surface area contributed by atoms with E-state index < -0.39 is 17.1 Å². The normalized spacial score (nSPS) is 17.7. The SMILES string of the molecule is Cc1cc(N2CCCCC2)ccc1/C=C1\SC(=O)N(CC(=O)Nc2c(C)cccc2C)C1=O. The van der Waals surface area contributed by atoms with Crippen LogP contribution in [0, 0.1) is 20.8 Å². The Morgan fingerprint density at radius 3 is 2.36 bits per heavy atom. The van der Waals surface area contributed by atoms with Gasteiger partial charge in [-0.05, 0) is 92.3 Å². The van der Waals surface area contributed by atoms with E-state index in [-0.39, 0.29) is 6.54 Å². The quantitative estimate of drug-likeness (QED) is 0.611. The first-order valence-corrected chi connectivity index (χ1v) is 12.1. The molecule has 2 aromatic rings. The van der Waals surface area contributed by atoms with Crippen LogP contribution >= 0.6 is 11.8 Å². The Morgan fingerprint density at radius 1 is 1.00 bits per heavy atom. The number of carbonyl (C=O) groups excluding carboxylic acids is 3. The van der Waals surface area contributed by atoms with Gasteiger partial charge in [-0.3, -0.25) is 19.3 Å². The smallest absolute Gasteiger partial charge is 0.294 e. The van der Waals surface area contributed by atoms with Crippen LogP contribution in [0.3, 0.4) is 0 Å². The van der Waals surface area contributed by atoms with Gasteiger partial charge in [0.15, 0.2) is 0 Å². The summed E-state index contributed by atoms with van der Waals surface area (Å²) in [4.78, 5) is 41.7. The molecule has 2 heterocycles. The second kappa shape index (κ2) is 9.83. The van der Waals surface area contributed by atoms with Crippen molar-refractivity contribution < 1.29 is 14.4 Å². The van der Waals surface area contributed by atoms with E-state index >= 15 is 0 Å². The predicted octanol–water partition coefficient (Wildman–Crippen LogP) is 5.28. The third-order valence-corrected chi connectivity index (χ3v) is 7.09. The van der Waals surface area contributed by atoms with Crippen LogP contribution < -0.4 is 10.2 Å². The summed E-state index contributed by atoms with van der Waals surface area (Å²) in [6.45, 7) is 7.67. The number of para-hydroxylation sites is 1. The summed E-state index contributed by atoms with van der Waals surface area (Å²) in [7, 11) is 0. The van der Waals surface area contributed by atoms with Crippen LogP contribution in [-0.2, 0) is 9.59 Å². The minimum Gasteiger partial charge on any atom is -0.372 e. The number of amides is 3. The molecule has 33 heavy (non-hydrogen) atoms. The summed E-state index contributed by atoms with van der Waals surface area (Å²) in [6, 6.07) is 11.9. The van der Waals surface area contributed by atoms with Crippen molar-refractivity contribution in [2.24, 2.45) is 0 Å². The number of carbonyl (C=O) groups is 3. The van der Waals surface area contributed by atoms with E-state index in [1.807, 2.05) is 45.0 Å². The third-order valence-electron chi connectivity index (χ3n) is 6.18. The molecule has 6 nitrogen and oxygen atoms in total. The van der Waals surface area contributed by atoms with Crippen LogP contribution in [0.4, 0.5) is 16.2 Å². The fourth-order valence-electron chi connectivity index (χ4n) is 4.28. The molecule has 172 valence electrons. The minimum atomic E-state index is -0.429. The molecule has 0 spiro atoms. The van der Waals surface area contributed by atoms with Crippen LogP contribution in [0.25, 0.3) is 6.08 Å². The number of anilines is 2. The number of rotatable bonds is 5. The van der Waals surface area contributed by atoms with Gasteiger partial charge in [0.2, 0.25) is 5.91 Å². The lowest BCUT2D eigenvalue weighted by Gasteiger charge is -2.29. The molecule has 0 unspecified atom stereocenters. The number of nitrogens with one attached hydrogen (secondary N) is 1. The number of hydrogen-bond acceptors (Lipinski definition) is 5. The number of aryl methyl sites for hydroxylation is 3. The van der Waals surface area contributed by atoms with Gasteiger partial charge in [0, 0.05) is 24.5 Å². The third kappa shape index (κ3) is 5.14. The molecule has 4 rings (SSSR count). The van der Waals surface area contributed by atoms with E-state index in [0.29, 0.717) is 4.91 Å². The first-order chi connectivity index (χ1) is 15.8. The van der Waals surface area contributed by atoms with E-state index in [4.69, 9.17) is 0 Å². The van der Waals surface area contributed by atoms with E-state index in [1.165, 1.54) is 24.9 Å². The molecular formula is C26H29N3O3S. The Hall–Kier alpha value is -3.06. The van der Waals surface area contributed by atoms with Crippen molar-refractivity contribution in [2.45, 2.75) is 40.0 Å². The van der Waals surface area contributed by atoms with Crippen molar-refractivity contribution >= 4 is 46.3 Å². The van der Waals surface area contributed by atoms with Gasteiger partial charge in [-0.2, -0.15) is 0 Å². The zero-order chi connectivity index (χ0) is 23.5. The molecule has 0 atom stereocenters. The van der Waals surface area contributed by atoms with Gasteiger partial charge in [-0.1, -0.05) is 24.3 Å². The highest BCUT2D eigenvalue weighted by Gasteiger charge is 2.36. The molecule has 0 bridgehead atoms. The van der Waals surface area contributed by atoms with Crippen LogP contribution in [0.2, 0.25) is 0 Å². The number of nitrogens with zero attached hydrogens (tertiary/aromatic N) is 2. The van der Waals surface area contributed by atoms with E-state index in [1.54, 1.807) is 6.08 Å². The molecule has 1 N–H and O–H groups in total. The summed E-state index contributed by atoms with van der Waals surface area (Å²) < 4.78 is 0. The van der Waals surface area contributed by atoms with Gasteiger partial charge in [0.05, 0.1) is 4.91 Å². The fraction of sp³-hybridized carbons (Fsp3) is 0.346.